The maximum atomic E-state index is 4.16. The van der Waals surface area contributed by atoms with Gasteiger partial charge in [0.05, 0.1) is 11.9 Å². The van der Waals surface area contributed by atoms with Crippen molar-refractivity contribution >= 4 is 0 Å². The molecular formula is C15H21N3. The van der Waals surface area contributed by atoms with Gasteiger partial charge in [-0.25, -0.2) is 0 Å². The van der Waals surface area contributed by atoms with Crippen LogP contribution in [0.5, 0.6) is 0 Å². The molecule has 0 radical (unpaired) electrons. The predicted octanol–water partition coefficient (Wildman–Crippen LogP) is 3.35. The van der Waals surface area contributed by atoms with E-state index in [2.05, 4.69) is 41.5 Å². The first-order valence-corrected chi connectivity index (χ1v) is 6.66. The van der Waals surface area contributed by atoms with Crippen molar-refractivity contribution in [3.8, 4) is 11.3 Å². The van der Waals surface area contributed by atoms with E-state index in [-0.39, 0.29) is 0 Å². The lowest BCUT2D eigenvalue weighted by Gasteiger charge is -2.14. The van der Waals surface area contributed by atoms with Crippen LogP contribution in [0.25, 0.3) is 11.3 Å². The maximum Gasteiger partial charge on any atom is 0.0695 e. The Bertz CT molecular complexity index is 458. The van der Waals surface area contributed by atoms with Gasteiger partial charge in [-0.15, -0.1) is 0 Å². The molecule has 0 saturated heterocycles. The molecule has 96 valence electrons. The normalized spacial score (nSPS) is 11.1. The van der Waals surface area contributed by atoms with Gasteiger partial charge in [0, 0.05) is 18.2 Å². The number of H-pyrrole nitrogens is 1. The first-order chi connectivity index (χ1) is 8.85. The molecule has 1 heterocycles. The van der Waals surface area contributed by atoms with Gasteiger partial charge in [0.15, 0.2) is 0 Å². The first-order valence-electron chi connectivity index (χ1n) is 6.66. The van der Waals surface area contributed by atoms with E-state index in [9.17, 15) is 0 Å². The van der Waals surface area contributed by atoms with Gasteiger partial charge in [0.25, 0.3) is 0 Å². The van der Waals surface area contributed by atoms with E-state index in [1.165, 1.54) is 11.1 Å². The molecule has 2 N–H and O–H groups in total. The highest BCUT2D eigenvalue weighted by atomic mass is 15.1. The van der Waals surface area contributed by atoms with E-state index in [1.54, 1.807) is 0 Å². The van der Waals surface area contributed by atoms with Gasteiger partial charge in [-0.2, -0.15) is 5.10 Å². The molecule has 0 aliphatic heterocycles. The summed E-state index contributed by atoms with van der Waals surface area (Å²) in [7, 11) is 0. The van der Waals surface area contributed by atoms with Crippen LogP contribution in [0.3, 0.4) is 0 Å². The van der Waals surface area contributed by atoms with Crippen molar-refractivity contribution in [1.29, 1.82) is 0 Å². The smallest absolute Gasteiger partial charge is 0.0695 e. The Morgan fingerprint density at radius 1 is 1.17 bits per heavy atom. The monoisotopic (exact) mass is 243 g/mol. The van der Waals surface area contributed by atoms with Gasteiger partial charge in [0.1, 0.15) is 0 Å². The third-order valence-electron chi connectivity index (χ3n) is 3.35. The maximum absolute atomic E-state index is 4.16. The number of aromatic nitrogens is 2. The Labute approximate surface area is 109 Å². The summed E-state index contributed by atoms with van der Waals surface area (Å²) in [5.74, 6) is 0. The van der Waals surface area contributed by atoms with Gasteiger partial charge in [-0.3, -0.25) is 5.10 Å². The van der Waals surface area contributed by atoms with Crippen molar-refractivity contribution in [2.45, 2.75) is 39.3 Å². The van der Waals surface area contributed by atoms with Crippen LogP contribution in [0, 0.1) is 0 Å². The fraction of sp³-hybridized carbons (Fsp3) is 0.400. The van der Waals surface area contributed by atoms with Crippen molar-refractivity contribution in [1.82, 2.24) is 15.5 Å². The Kier molecular flexibility index (Phi) is 4.53. The fourth-order valence-corrected chi connectivity index (χ4v) is 2.13. The molecule has 0 amide bonds. The van der Waals surface area contributed by atoms with Crippen molar-refractivity contribution in [2.75, 3.05) is 0 Å². The van der Waals surface area contributed by atoms with Crippen molar-refractivity contribution < 1.29 is 0 Å². The minimum Gasteiger partial charge on any atom is -0.310 e. The molecule has 1 aromatic carbocycles. The van der Waals surface area contributed by atoms with E-state index >= 15 is 0 Å². The third-order valence-corrected chi connectivity index (χ3v) is 3.35. The van der Waals surface area contributed by atoms with E-state index < -0.39 is 0 Å². The predicted molar refractivity (Wildman–Crippen MR) is 75.2 cm³/mol. The number of hydrogen-bond acceptors (Lipinski definition) is 2. The second-order valence-electron chi connectivity index (χ2n) is 4.53. The van der Waals surface area contributed by atoms with E-state index in [0.717, 1.165) is 25.1 Å². The Hall–Kier alpha value is -1.61. The lowest BCUT2D eigenvalue weighted by Crippen LogP contribution is -2.27. The van der Waals surface area contributed by atoms with Crippen molar-refractivity contribution in [2.24, 2.45) is 0 Å². The molecule has 0 spiro atoms. The quantitative estimate of drug-likeness (QED) is 0.816. The van der Waals surface area contributed by atoms with Gasteiger partial charge in [-0.1, -0.05) is 44.2 Å². The summed E-state index contributed by atoms with van der Waals surface area (Å²) in [5.41, 5.74) is 3.54. The highest BCUT2D eigenvalue weighted by Crippen LogP contribution is 2.20. The topological polar surface area (TPSA) is 40.7 Å². The van der Waals surface area contributed by atoms with Crippen molar-refractivity contribution in [3.05, 3.63) is 42.1 Å². The highest BCUT2D eigenvalue weighted by Gasteiger charge is 2.09. The minimum atomic E-state index is 0.587. The molecule has 3 nitrogen and oxygen atoms in total. The fourth-order valence-electron chi connectivity index (χ4n) is 2.13. The van der Waals surface area contributed by atoms with Crippen LogP contribution >= 0.6 is 0 Å². The summed E-state index contributed by atoms with van der Waals surface area (Å²) in [4.78, 5) is 0. The lowest BCUT2D eigenvalue weighted by atomic mass is 10.1. The number of nitrogens with one attached hydrogen (secondary N) is 2. The van der Waals surface area contributed by atoms with Gasteiger partial charge >= 0.3 is 0 Å². The average Bonchev–Trinajstić information content (AvgIpc) is 2.89. The van der Waals surface area contributed by atoms with Crippen LogP contribution in [0.1, 0.15) is 32.3 Å². The summed E-state index contributed by atoms with van der Waals surface area (Å²) in [6, 6.07) is 10.9. The Morgan fingerprint density at radius 3 is 2.56 bits per heavy atom. The molecule has 2 rings (SSSR count). The third kappa shape index (κ3) is 2.99. The zero-order chi connectivity index (χ0) is 12.8. The number of hydrogen-bond donors (Lipinski definition) is 2. The number of rotatable bonds is 6. The Morgan fingerprint density at radius 2 is 1.89 bits per heavy atom. The largest absolute Gasteiger partial charge is 0.310 e. The SMILES string of the molecule is CCC(CC)NCc1cn[nH]c1-c1ccccc1. The molecule has 0 saturated carbocycles. The molecule has 0 aliphatic rings. The van der Waals surface area contributed by atoms with Crippen LogP contribution < -0.4 is 5.32 Å². The zero-order valence-corrected chi connectivity index (χ0v) is 11.1. The first kappa shape index (κ1) is 12.8. The van der Waals surface area contributed by atoms with E-state index in [0.29, 0.717) is 6.04 Å². The lowest BCUT2D eigenvalue weighted by molar-refractivity contribution is 0.484. The number of aromatic amines is 1. The number of nitrogens with zero attached hydrogens (tertiary/aromatic N) is 1. The summed E-state index contributed by atoms with van der Waals surface area (Å²) < 4.78 is 0. The minimum absolute atomic E-state index is 0.587. The van der Waals surface area contributed by atoms with Gasteiger partial charge < -0.3 is 5.32 Å². The second kappa shape index (κ2) is 6.36. The van der Waals surface area contributed by atoms with Crippen LogP contribution in [-0.4, -0.2) is 16.2 Å². The van der Waals surface area contributed by atoms with E-state index in [1.807, 2.05) is 24.4 Å². The zero-order valence-electron chi connectivity index (χ0n) is 11.1. The van der Waals surface area contributed by atoms with Crippen LogP contribution in [0.4, 0.5) is 0 Å². The van der Waals surface area contributed by atoms with Gasteiger partial charge in [0.2, 0.25) is 0 Å². The van der Waals surface area contributed by atoms with Crippen molar-refractivity contribution in [3.63, 3.8) is 0 Å². The highest BCUT2D eigenvalue weighted by molar-refractivity contribution is 5.62. The molecule has 2 aromatic rings. The molecule has 3 heteroatoms. The molecule has 18 heavy (non-hydrogen) atoms. The van der Waals surface area contributed by atoms with Crippen LogP contribution in [0.15, 0.2) is 36.5 Å². The number of benzene rings is 1. The second-order valence-corrected chi connectivity index (χ2v) is 4.53. The molecular weight excluding hydrogens is 222 g/mol. The summed E-state index contributed by atoms with van der Waals surface area (Å²) in [6.45, 7) is 5.30. The molecule has 0 unspecified atom stereocenters. The van der Waals surface area contributed by atoms with Crippen LogP contribution in [0.2, 0.25) is 0 Å². The standard InChI is InChI=1S/C15H21N3/c1-3-14(4-2)16-10-13-11-17-18-15(13)12-8-6-5-7-9-12/h5-9,11,14,16H,3-4,10H2,1-2H3,(H,17,18). The summed E-state index contributed by atoms with van der Waals surface area (Å²) in [6.07, 6.45) is 4.24. The Balaban J connectivity index is 2.09. The van der Waals surface area contributed by atoms with Gasteiger partial charge in [-0.05, 0) is 18.4 Å². The summed E-state index contributed by atoms with van der Waals surface area (Å²) in [5, 5.41) is 10.8. The molecule has 0 aliphatic carbocycles. The van der Waals surface area contributed by atoms with Crippen LogP contribution in [-0.2, 0) is 6.54 Å². The molecule has 0 fully saturated rings. The molecule has 1 aromatic heterocycles. The van der Waals surface area contributed by atoms with E-state index in [4.69, 9.17) is 0 Å². The molecule has 0 atom stereocenters. The molecule has 0 bridgehead atoms. The summed E-state index contributed by atoms with van der Waals surface area (Å²) >= 11 is 0. The average molecular weight is 243 g/mol.